The molecule has 10 heteroatoms. The molecule has 0 fully saturated rings. The molecule has 3 rings (SSSR count). The van der Waals surface area contributed by atoms with E-state index in [4.69, 9.17) is 17.3 Å². The minimum atomic E-state index is -0.946. The number of nitrogens with two attached hydrogens (primary N) is 1. The minimum absolute atomic E-state index is 0. The second kappa shape index (κ2) is 11.3. The van der Waals surface area contributed by atoms with Crippen LogP contribution in [-0.2, 0) is 6.42 Å². The van der Waals surface area contributed by atoms with Gasteiger partial charge in [-0.2, -0.15) is 0 Å². The predicted octanol–water partition coefficient (Wildman–Crippen LogP) is 4.34. The summed E-state index contributed by atoms with van der Waals surface area (Å²) in [6, 6.07) is 11.1. The third-order valence-corrected chi connectivity index (χ3v) is 8.67. The molecule has 0 saturated carbocycles. The molecule has 3 N–H and O–H groups in total. The SMILES string of the molecule is Cl.Cl.NC(C[AsH]c1nc(O)c(-c2ccc(F)c(F)c2)s1)Cc1ccc(Cl)cc1. The van der Waals surface area contributed by atoms with Crippen LogP contribution in [0.3, 0.4) is 0 Å². The average molecular weight is 530 g/mol. The Labute approximate surface area is 189 Å². The van der Waals surface area contributed by atoms with Crippen LogP contribution in [0.1, 0.15) is 5.56 Å². The number of aromatic nitrogens is 1. The summed E-state index contributed by atoms with van der Waals surface area (Å²) in [6.07, 6.45) is 0.744. The topological polar surface area (TPSA) is 59.1 Å². The van der Waals surface area contributed by atoms with Gasteiger partial charge < -0.3 is 0 Å². The summed E-state index contributed by atoms with van der Waals surface area (Å²) >= 11 is 6.55. The summed E-state index contributed by atoms with van der Waals surface area (Å²) in [4.78, 5) is 4.62. The van der Waals surface area contributed by atoms with Gasteiger partial charge in [-0.1, -0.05) is 0 Å². The van der Waals surface area contributed by atoms with Crippen LogP contribution in [0.4, 0.5) is 8.78 Å². The molecule has 3 nitrogen and oxygen atoms in total. The van der Waals surface area contributed by atoms with E-state index in [0.717, 1.165) is 33.1 Å². The molecule has 0 aliphatic heterocycles. The van der Waals surface area contributed by atoms with E-state index in [1.807, 2.05) is 24.3 Å². The number of rotatable bonds is 6. The first-order chi connectivity index (χ1) is 12.4. The van der Waals surface area contributed by atoms with Gasteiger partial charge in [0.1, 0.15) is 0 Å². The summed E-state index contributed by atoms with van der Waals surface area (Å²) in [5.74, 6) is -2.01. The number of thiazole rings is 1. The summed E-state index contributed by atoms with van der Waals surface area (Å²) in [6.45, 7) is 0. The van der Waals surface area contributed by atoms with Gasteiger partial charge in [-0.25, -0.2) is 0 Å². The van der Waals surface area contributed by atoms with Crippen molar-refractivity contribution >= 4 is 67.3 Å². The van der Waals surface area contributed by atoms with Gasteiger partial charge in [-0.3, -0.25) is 0 Å². The zero-order valence-electron chi connectivity index (χ0n) is 14.4. The third-order valence-electron chi connectivity index (χ3n) is 3.72. The molecule has 152 valence electrons. The fourth-order valence-corrected chi connectivity index (χ4v) is 6.47. The first-order valence-corrected chi connectivity index (χ1v) is 11.5. The number of nitrogens with zero attached hydrogens (tertiary/aromatic N) is 1. The molecule has 0 spiro atoms. The van der Waals surface area contributed by atoms with Crippen LogP contribution in [-0.4, -0.2) is 31.9 Å². The van der Waals surface area contributed by atoms with E-state index in [-0.39, 0.29) is 36.7 Å². The molecular weight excluding hydrogens is 512 g/mol. The Morgan fingerprint density at radius 3 is 2.43 bits per heavy atom. The van der Waals surface area contributed by atoms with Crippen LogP contribution in [0.15, 0.2) is 42.5 Å². The van der Waals surface area contributed by atoms with Crippen LogP contribution >= 0.6 is 47.8 Å². The van der Waals surface area contributed by atoms with Crippen molar-refractivity contribution in [3.63, 3.8) is 0 Å². The molecule has 1 aromatic heterocycles. The number of halogens is 5. The molecule has 2 unspecified atom stereocenters. The van der Waals surface area contributed by atoms with Crippen LogP contribution in [0.2, 0.25) is 10.2 Å². The van der Waals surface area contributed by atoms with E-state index in [9.17, 15) is 13.9 Å². The molecule has 2 aromatic carbocycles. The second-order valence-electron chi connectivity index (χ2n) is 5.77. The first kappa shape index (κ1) is 25.2. The van der Waals surface area contributed by atoms with Crippen molar-refractivity contribution in [2.45, 2.75) is 17.7 Å². The quantitative estimate of drug-likeness (QED) is 0.467. The molecule has 0 radical (unpaired) electrons. The monoisotopic (exact) mass is 528 g/mol. The van der Waals surface area contributed by atoms with E-state index in [0.29, 0.717) is 15.5 Å². The first-order valence-electron chi connectivity index (χ1n) is 7.81. The van der Waals surface area contributed by atoms with Crippen molar-refractivity contribution in [3.8, 4) is 16.3 Å². The maximum atomic E-state index is 13.4. The van der Waals surface area contributed by atoms with E-state index < -0.39 is 27.4 Å². The Bertz CT molecular complexity index is 912. The van der Waals surface area contributed by atoms with Gasteiger partial charge in [-0.15, -0.1) is 24.8 Å². The summed E-state index contributed by atoms with van der Waals surface area (Å²) in [5, 5.41) is 11.5. The Hall–Kier alpha value is -0.882. The summed E-state index contributed by atoms with van der Waals surface area (Å²) in [5.41, 5.74) is 7.75. The van der Waals surface area contributed by atoms with E-state index in [1.54, 1.807) is 0 Å². The summed E-state index contributed by atoms with van der Waals surface area (Å²) < 4.78 is 27.3. The van der Waals surface area contributed by atoms with Gasteiger partial charge in [-0.05, 0) is 0 Å². The van der Waals surface area contributed by atoms with Gasteiger partial charge in [0, 0.05) is 0 Å². The van der Waals surface area contributed by atoms with Gasteiger partial charge in [0.25, 0.3) is 0 Å². The number of hydrogen-bond acceptors (Lipinski definition) is 4. The van der Waals surface area contributed by atoms with E-state index in [1.165, 1.54) is 17.4 Å². The zero-order chi connectivity index (χ0) is 18.7. The maximum absolute atomic E-state index is 13.4. The van der Waals surface area contributed by atoms with Crippen molar-refractivity contribution in [3.05, 3.63) is 64.7 Å². The Morgan fingerprint density at radius 1 is 1.11 bits per heavy atom. The molecule has 28 heavy (non-hydrogen) atoms. The van der Waals surface area contributed by atoms with Gasteiger partial charge in [0.15, 0.2) is 0 Å². The molecule has 0 bridgehead atoms. The summed E-state index contributed by atoms with van der Waals surface area (Å²) in [7, 11) is 0. The van der Waals surface area contributed by atoms with Crippen molar-refractivity contribution in [2.24, 2.45) is 5.73 Å². The average Bonchev–Trinajstić information content (AvgIpc) is 2.98. The molecule has 0 amide bonds. The molecule has 3 aromatic rings. The predicted molar refractivity (Wildman–Crippen MR) is 118 cm³/mol. The second-order valence-corrected chi connectivity index (χ2v) is 10.6. The Morgan fingerprint density at radius 2 is 1.79 bits per heavy atom. The van der Waals surface area contributed by atoms with Crippen molar-refractivity contribution in [1.82, 2.24) is 4.98 Å². The van der Waals surface area contributed by atoms with Crippen molar-refractivity contribution in [2.75, 3.05) is 0 Å². The molecule has 0 saturated heterocycles. The normalized spacial score (nSPS) is 11.9. The Kier molecular flexibility index (Phi) is 10.2. The van der Waals surface area contributed by atoms with Crippen LogP contribution in [0.5, 0.6) is 5.88 Å². The Balaban J connectivity index is 0.00000196. The van der Waals surface area contributed by atoms with E-state index in [2.05, 4.69) is 4.98 Å². The number of benzene rings is 2. The third kappa shape index (κ3) is 6.58. The van der Waals surface area contributed by atoms with Gasteiger partial charge in [0.05, 0.1) is 0 Å². The van der Waals surface area contributed by atoms with Gasteiger partial charge in [0.2, 0.25) is 0 Å². The number of aromatic hydroxyl groups is 1. The fourth-order valence-electron chi connectivity index (χ4n) is 2.43. The van der Waals surface area contributed by atoms with Crippen molar-refractivity contribution < 1.29 is 13.9 Å². The molecule has 1 heterocycles. The van der Waals surface area contributed by atoms with E-state index >= 15 is 0 Å². The van der Waals surface area contributed by atoms with Crippen molar-refractivity contribution in [1.29, 1.82) is 0 Å². The molecule has 0 aliphatic carbocycles. The molecule has 0 aliphatic rings. The van der Waals surface area contributed by atoms with Gasteiger partial charge >= 0.3 is 166 Å². The fraction of sp³-hybridized carbons (Fsp3) is 0.167. The molecule has 2 atom stereocenters. The molecular formula is C18H18AsCl3F2N2OS. The van der Waals surface area contributed by atoms with Crippen LogP contribution in [0.25, 0.3) is 10.4 Å². The van der Waals surface area contributed by atoms with Crippen LogP contribution < -0.4 is 9.53 Å². The zero-order valence-corrected chi connectivity index (χ0v) is 19.7. The number of hydrogen-bond donors (Lipinski definition) is 2. The standard InChI is InChI=1S/C18H16AsClF2N2OS.2ClH/c20-12-4-1-10(2-5-12)7-13(23)9-19-18-24-17(25)16(26-18)11-3-6-14(21)15(22)8-11;;/h1-6,8,13,19,25H,7,9,23H2;2*1H. The van der Waals surface area contributed by atoms with Crippen LogP contribution in [0, 0.1) is 11.6 Å².